The van der Waals surface area contributed by atoms with Crippen molar-refractivity contribution < 1.29 is 19.1 Å². The van der Waals surface area contributed by atoms with Gasteiger partial charge in [0.2, 0.25) is 5.52 Å². The van der Waals surface area contributed by atoms with Gasteiger partial charge < -0.3 is 15.0 Å². The Kier molecular flexibility index (Phi) is 5.46. The maximum Gasteiger partial charge on any atom is 0.339 e. The normalized spacial score (nSPS) is 14.4. The number of methoxy groups -OCH3 is 1. The summed E-state index contributed by atoms with van der Waals surface area (Å²) in [5, 5.41) is 22.7. The van der Waals surface area contributed by atoms with Crippen molar-refractivity contribution in [2.24, 2.45) is 0 Å². The second-order valence-electron chi connectivity index (χ2n) is 7.07. The van der Waals surface area contributed by atoms with Crippen molar-refractivity contribution in [3.05, 3.63) is 46.0 Å². The second-order valence-corrected chi connectivity index (χ2v) is 7.07. The molecular weight excluding hydrogens is 390 g/mol. The Morgan fingerprint density at radius 1 is 1.13 bits per heavy atom. The molecule has 10 heteroatoms. The molecule has 1 fully saturated rings. The van der Waals surface area contributed by atoms with Gasteiger partial charge in [0.25, 0.3) is 0 Å². The largest absolute Gasteiger partial charge is 0.465 e. The molecule has 0 saturated carbocycles. The fourth-order valence-electron chi connectivity index (χ4n) is 3.77. The van der Waals surface area contributed by atoms with E-state index in [1.54, 1.807) is 30.3 Å². The van der Waals surface area contributed by atoms with Crippen LogP contribution < -0.4 is 10.2 Å². The summed E-state index contributed by atoms with van der Waals surface area (Å²) >= 11 is 0. The van der Waals surface area contributed by atoms with Crippen molar-refractivity contribution >= 4 is 39.8 Å². The summed E-state index contributed by atoms with van der Waals surface area (Å²) in [4.78, 5) is 25.6. The van der Waals surface area contributed by atoms with E-state index in [0.29, 0.717) is 22.6 Å². The number of ether oxygens (including phenoxy) is 1. The number of carbonyl (C=O) groups excluding carboxylic acids is 1. The zero-order chi connectivity index (χ0) is 21.1. The molecule has 1 aliphatic rings. The summed E-state index contributed by atoms with van der Waals surface area (Å²) in [6, 6.07) is 8.54. The van der Waals surface area contributed by atoms with Crippen LogP contribution in [0.1, 0.15) is 36.0 Å². The highest BCUT2D eigenvalue weighted by Crippen LogP contribution is 2.40. The van der Waals surface area contributed by atoms with Gasteiger partial charge in [0.15, 0.2) is 5.52 Å². The minimum atomic E-state index is -0.498. The van der Waals surface area contributed by atoms with Crippen LogP contribution >= 0.6 is 0 Å². The van der Waals surface area contributed by atoms with Crippen molar-refractivity contribution in [2.75, 3.05) is 30.4 Å². The zero-order valence-electron chi connectivity index (χ0n) is 16.5. The van der Waals surface area contributed by atoms with Gasteiger partial charge in [-0.2, -0.15) is 0 Å². The number of aromatic nitrogens is 2. The predicted octanol–water partition coefficient (Wildman–Crippen LogP) is 4.04. The number of anilines is 3. The molecule has 0 unspecified atom stereocenters. The van der Waals surface area contributed by atoms with Crippen molar-refractivity contribution in [1.29, 1.82) is 0 Å². The van der Waals surface area contributed by atoms with Crippen LogP contribution in [0.3, 0.4) is 0 Å². The highest BCUT2D eigenvalue weighted by atomic mass is 16.6. The maximum absolute atomic E-state index is 12.1. The summed E-state index contributed by atoms with van der Waals surface area (Å²) in [6.07, 6.45) is 4.10. The number of hydrogen-bond donors (Lipinski definition) is 1. The number of nitrogens with zero attached hydrogens (tertiary/aromatic N) is 4. The Hall–Kier alpha value is -3.69. The van der Waals surface area contributed by atoms with E-state index in [1.807, 2.05) is 4.90 Å². The average molecular weight is 411 g/mol. The Morgan fingerprint density at radius 2 is 1.83 bits per heavy atom. The van der Waals surface area contributed by atoms with E-state index >= 15 is 0 Å². The van der Waals surface area contributed by atoms with Crippen LogP contribution in [0.25, 0.3) is 11.0 Å². The molecule has 1 N–H and O–H groups in total. The van der Waals surface area contributed by atoms with Crippen molar-refractivity contribution in [3.63, 3.8) is 0 Å². The topological polar surface area (TPSA) is 124 Å². The Morgan fingerprint density at radius 3 is 2.53 bits per heavy atom. The van der Waals surface area contributed by atoms with Gasteiger partial charge in [-0.05, 0) is 41.4 Å². The summed E-state index contributed by atoms with van der Waals surface area (Å²) in [5.41, 5.74) is 1.92. The number of rotatable bonds is 5. The van der Waals surface area contributed by atoms with Crippen LogP contribution in [0.15, 0.2) is 35.0 Å². The smallest absolute Gasteiger partial charge is 0.339 e. The molecule has 156 valence electrons. The highest BCUT2D eigenvalue weighted by molar-refractivity contribution is 6.03. The number of nitro benzene ring substituents is 1. The molecule has 3 aromatic rings. The van der Waals surface area contributed by atoms with Gasteiger partial charge in [0.05, 0.1) is 29.0 Å². The number of esters is 1. The third-order valence-electron chi connectivity index (χ3n) is 5.22. The Balaban J connectivity index is 1.85. The first kappa shape index (κ1) is 19.6. The van der Waals surface area contributed by atoms with Crippen molar-refractivity contribution in [3.8, 4) is 0 Å². The first-order valence-corrected chi connectivity index (χ1v) is 9.73. The van der Waals surface area contributed by atoms with Gasteiger partial charge in [0, 0.05) is 13.1 Å². The monoisotopic (exact) mass is 411 g/mol. The molecule has 1 aliphatic heterocycles. The maximum atomic E-state index is 12.1. The number of nitrogens with one attached hydrogen (secondary N) is 1. The van der Waals surface area contributed by atoms with Crippen LogP contribution in [0, 0.1) is 10.1 Å². The first-order valence-electron chi connectivity index (χ1n) is 9.73. The number of para-hydroxylation sites is 1. The van der Waals surface area contributed by atoms with Gasteiger partial charge in [-0.1, -0.05) is 25.0 Å². The van der Waals surface area contributed by atoms with E-state index in [0.717, 1.165) is 38.8 Å². The second kappa shape index (κ2) is 8.36. The lowest BCUT2D eigenvalue weighted by atomic mass is 10.1. The minimum Gasteiger partial charge on any atom is -0.465 e. The number of hydrogen-bond acceptors (Lipinski definition) is 9. The van der Waals surface area contributed by atoms with Gasteiger partial charge in [-0.3, -0.25) is 10.1 Å². The number of benzene rings is 2. The first-order chi connectivity index (χ1) is 14.6. The third kappa shape index (κ3) is 3.63. The third-order valence-corrected chi connectivity index (χ3v) is 5.22. The van der Waals surface area contributed by atoms with E-state index in [9.17, 15) is 14.9 Å². The lowest BCUT2D eigenvalue weighted by Gasteiger charge is -2.23. The van der Waals surface area contributed by atoms with Crippen molar-refractivity contribution in [2.45, 2.75) is 25.7 Å². The molecular formula is C20H21N5O5. The van der Waals surface area contributed by atoms with Crippen LogP contribution in [0.2, 0.25) is 0 Å². The zero-order valence-corrected chi connectivity index (χ0v) is 16.5. The fraction of sp³-hybridized carbons (Fsp3) is 0.350. The Labute approximate surface area is 171 Å². The molecule has 0 radical (unpaired) electrons. The quantitative estimate of drug-likeness (QED) is 0.376. The SMILES string of the molecule is COC(=O)c1ccccc1Nc1cc(N2CCCCCC2)c([N+](=O)[O-])c2nonc12. The fourth-order valence-corrected chi connectivity index (χ4v) is 3.77. The number of nitro groups is 1. The lowest BCUT2D eigenvalue weighted by molar-refractivity contribution is -0.382. The molecule has 0 aliphatic carbocycles. The molecule has 0 amide bonds. The molecule has 0 atom stereocenters. The predicted molar refractivity (Wildman–Crippen MR) is 110 cm³/mol. The molecule has 1 saturated heterocycles. The molecule has 1 aromatic heterocycles. The van der Waals surface area contributed by atoms with Crippen LogP contribution in [0.5, 0.6) is 0 Å². The van der Waals surface area contributed by atoms with E-state index in [1.165, 1.54) is 7.11 Å². The molecule has 2 aromatic carbocycles. The Bertz CT molecular complexity index is 1090. The van der Waals surface area contributed by atoms with E-state index in [4.69, 9.17) is 9.37 Å². The lowest BCUT2D eigenvalue weighted by Crippen LogP contribution is -2.25. The summed E-state index contributed by atoms with van der Waals surface area (Å²) in [7, 11) is 1.31. The highest BCUT2D eigenvalue weighted by Gasteiger charge is 2.29. The van der Waals surface area contributed by atoms with Gasteiger partial charge in [-0.25, -0.2) is 9.42 Å². The number of fused-ring (bicyclic) bond motifs is 1. The van der Waals surface area contributed by atoms with Gasteiger partial charge >= 0.3 is 11.7 Å². The molecule has 10 nitrogen and oxygen atoms in total. The molecule has 0 spiro atoms. The van der Waals surface area contributed by atoms with E-state index in [2.05, 4.69) is 15.6 Å². The van der Waals surface area contributed by atoms with Crippen LogP contribution in [-0.4, -0.2) is 41.4 Å². The van der Waals surface area contributed by atoms with Crippen molar-refractivity contribution in [1.82, 2.24) is 10.3 Å². The summed E-state index contributed by atoms with van der Waals surface area (Å²) < 4.78 is 9.69. The standard InChI is InChI=1S/C20H21N5O5/c1-29-20(26)13-8-4-5-9-14(13)21-15-12-16(24-10-6-2-3-7-11-24)19(25(27)28)18-17(15)22-30-23-18/h4-5,8-9,12,21H,2-3,6-7,10-11H2,1H3. The minimum absolute atomic E-state index is 0.0693. The number of carbonyl (C=O) groups is 1. The van der Waals surface area contributed by atoms with Crippen LogP contribution in [0.4, 0.5) is 22.7 Å². The molecule has 0 bridgehead atoms. The molecule has 30 heavy (non-hydrogen) atoms. The van der Waals surface area contributed by atoms with Gasteiger partial charge in [0.1, 0.15) is 5.69 Å². The van der Waals surface area contributed by atoms with E-state index < -0.39 is 10.9 Å². The van der Waals surface area contributed by atoms with Gasteiger partial charge in [-0.15, -0.1) is 0 Å². The molecule has 4 rings (SSSR count). The summed E-state index contributed by atoms with van der Waals surface area (Å²) in [5.74, 6) is -0.498. The van der Waals surface area contributed by atoms with E-state index in [-0.39, 0.29) is 16.7 Å². The summed E-state index contributed by atoms with van der Waals surface area (Å²) in [6.45, 7) is 1.44. The average Bonchev–Trinajstić information content (AvgIpc) is 3.08. The molecule has 2 heterocycles. The van der Waals surface area contributed by atoms with Crippen LogP contribution in [-0.2, 0) is 4.74 Å².